The Bertz CT molecular complexity index is 634. The van der Waals surface area contributed by atoms with Crippen molar-refractivity contribution in [3.63, 3.8) is 0 Å². The highest BCUT2D eigenvalue weighted by molar-refractivity contribution is 5.73. The molecule has 2 aromatic rings. The fourth-order valence-electron chi connectivity index (χ4n) is 2.95. The lowest BCUT2D eigenvalue weighted by Gasteiger charge is -2.31. The minimum Gasteiger partial charge on any atom is -0.371 e. The summed E-state index contributed by atoms with van der Waals surface area (Å²) in [7, 11) is 1.89. The van der Waals surface area contributed by atoms with Gasteiger partial charge in [-0.2, -0.15) is 0 Å². The Labute approximate surface area is 118 Å². The highest BCUT2D eigenvalue weighted by Crippen LogP contribution is 2.28. The largest absolute Gasteiger partial charge is 0.371 e. The molecule has 0 unspecified atom stereocenters. The molecular formula is C15H20N4O. The fourth-order valence-corrected chi connectivity index (χ4v) is 2.95. The van der Waals surface area contributed by atoms with Gasteiger partial charge in [0.1, 0.15) is 5.82 Å². The molecule has 0 radical (unpaired) electrons. The van der Waals surface area contributed by atoms with Crippen molar-refractivity contribution in [1.82, 2.24) is 14.3 Å². The van der Waals surface area contributed by atoms with Gasteiger partial charge < -0.3 is 14.6 Å². The van der Waals surface area contributed by atoms with Crippen molar-refractivity contribution < 1.29 is 4.79 Å². The number of rotatable bonds is 2. The maximum Gasteiger partial charge on any atom is 0.219 e. The number of anilines is 1. The van der Waals surface area contributed by atoms with Crippen molar-refractivity contribution >= 4 is 17.2 Å². The molecule has 20 heavy (non-hydrogen) atoms. The normalized spacial score (nSPS) is 19.3. The maximum atomic E-state index is 11.6. The Kier molecular flexibility index (Phi) is 3.34. The number of amides is 1. The van der Waals surface area contributed by atoms with Crippen LogP contribution in [0.25, 0.3) is 5.52 Å². The van der Waals surface area contributed by atoms with Crippen LogP contribution in [0, 0.1) is 0 Å². The van der Waals surface area contributed by atoms with Crippen molar-refractivity contribution in [3.8, 4) is 0 Å². The topological polar surface area (TPSA) is 49.6 Å². The van der Waals surface area contributed by atoms with E-state index < -0.39 is 0 Å². The third-order valence-electron chi connectivity index (χ3n) is 4.06. The number of nitrogens with zero attached hydrogens (tertiary/aromatic N) is 3. The molecule has 1 aliphatic heterocycles. The van der Waals surface area contributed by atoms with Crippen molar-refractivity contribution in [2.45, 2.75) is 25.7 Å². The van der Waals surface area contributed by atoms with E-state index in [1.807, 2.05) is 30.3 Å². The Morgan fingerprint density at radius 2 is 2.35 bits per heavy atom. The first kappa shape index (κ1) is 13.0. The van der Waals surface area contributed by atoms with E-state index in [2.05, 4.69) is 15.9 Å². The molecule has 1 amide bonds. The van der Waals surface area contributed by atoms with E-state index in [1.165, 1.54) is 0 Å². The average molecular weight is 272 g/mol. The van der Waals surface area contributed by atoms with Gasteiger partial charge in [0, 0.05) is 45.4 Å². The van der Waals surface area contributed by atoms with Gasteiger partial charge in [0.15, 0.2) is 0 Å². The molecule has 0 aliphatic carbocycles. The van der Waals surface area contributed by atoms with Crippen LogP contribution in [0.2, 0.25) is 0 Å². The lowest BCUT2D eigenvalue weighted by molar-refractivity contribution is -0.130. The van der Waals surface area contributed by atoms with Gasteiger partial charge in [-0.1, -0.05) is 0 Å². The van der Waals surface area contributed by atoms with E-state index in [-0.39, 0.29) is 5.91 Å². The standard InChI is InChI=1S/C15H20N4O/c1-11(20)18-7-3-5-12(9-18)13-10-19-8-4-6-14(19)15(16-2)17-13/h4,6,8,10,12H,3,5,7,9H2,1-2H3,(H,16,17)/t12-/m1/s1. The average Bonchev–Trinajstić information content (AvgIpc) is 2.94. The summed E-state index contributed by atoms with van der Waals surface area (Å²) in [5.41, 5.74) is 2.14. The second-order valence-electron chi connectivity index (χ2n) is 5.37. The van der Waals surface area contributed by atoms with E-state index in [9.17, 15) is 4.79 Å². The highest BCUT2D eigenvalue weighted by Gasteiger charge is 2.24. The molecule has 0 spiro atoms. The van der Waals surface area contributed by atoms with Gasteiger partial charge in [-0.3, -0.25) is 4.79 Å². The summed E-state index contributed by atoms with van der Waals surface area (Å²) >= 11 is 0. The zero-order chi connectivity index (χ0) is 14.1. The Morgan fingerprint density at radius 3 is 3.10 bits per heavy atom. The number of hydrogen-bond donors (Lipinski definition) is 1. The van der Waals surface area contributed by atoms with Crippen LogP contribution in [0.3, 0.4) is 0 Å². The minimum absolute atomic E-state index is 0.158. The number of nitrogens with one attached hydrogen (secondary N) is 1. The van der Waals surface area contributed by atoms with E-state index in [0.29, 0.717) is 5.92 Å². The number of carbonyl (C=O) groups is 1. The number of carbonyl (C=O) groups excluding carboxylic acids is 1. The van der Waals surface area contributed by atoms with E-state index in [0.717, 1.165) is 43.0 Å². The minimum atomic E-state index is 0.158. The van der Waals surface area contributed by atoms with Gasteiger partial charge >= 0.3 is 0 Å². The van der Waals surface area contributed by atoms with Gasteiger partial charge in [0.25, 0.3) is 0 Å². The highest BCUT2D eigenvalue weighted by atomic mass is 16.2. The quantitative estimate of drug-likeness (QED) is 0.911. The first-order valence-electron chi connectivity index (χ1n) is 7.10. The molecule has 1 fully saturated rings. The molecule has 3 rings (SSSR count). The van der Waals surface area contributed by atoms with Crippen molar-refractivity contribution in [3.05, 3.63) is 30.2 Å². The molecule has 0 aromatic carbocycles. The van der Waals surface area contributed by atoms with Crippen LogP contribution in [0.1, 0.15) is 31.4 Å². The summed E-state index contributed by atoms with van der Waals surface area (Å²) in [4.78, 5) is 18.2. The summed E-state index contributed by atoms with van der Waals surface area (Å²) in [5.74, 6) is 1.38. The van der Waals surface area contributed by atoms with Gasteiger partial charge in [-0.05, 0) is 25.0 Å². The van der Waals surface area contributed by atoms with Crippen LogP contribution in [-0.2, 0) is 4.79 Å². The monoisotopic (exact) mass is 272 g/mol. The van der Waals surface area contributed by atoms with Gasteiger partial charge in [-0.15, -0.1) is 0 Å². The smallest absolute Gasteiger partial charge is 0.219 e. The van der Waals surface area contributed by atoms with E-state index in [1.54, 1.807) is 6.92 Å². The molecule has 1 N–H and O–H groups in total. The molecular weight excluding hydrogens is 252 g/mol. The molecule has 5 nitrogen and oxygen atoms in total. The molecule has 3 heterocycles. The first-order chi connectivity index (χ1) is 9.69. The molecule has 0 bridgehead atoms. The van der Waals surface area contributed by atoms with Crippen LogP contribution in [0.4, 0.5) is 5.82 Å². The number of aromatic nitrogens is 2. The maximum absolute atomic E-state index is 11.6. The van der Waals surface area contributed by atoms with E-state index in [4.69, 9.17) is 4.98 Å². The Hall–Kier alpha value is -2.04. The van der Waals surface area contributed by atoms with Crippen LogP contribution >= 0.6 is 0 Å². The van der Waals surface area contributed by atoms with Crippen molar-refractivity contribution in [1.29, 1.82) is 0 Å². The summed E-state index contributed by atoms with van der Waals surface area (Å²) in [5, 5.41) is 3.16. The fraction of sp³-hybridized carbons (Fsp3) is 0.467. The molecule has 106 valence electrons. The number of piperidine rings is 1. The molecule has 1 saturated heterocycles. The summed E-state index contributed by atoms with van der Waals surface area (Å²) < 4.78 is 2.10. The number of hydrogen-bond acceptors (Lipinski definition) is 3. The lowest BCUT2D eigenvalue weighted by atomic mass is 9.95. The second kappa shape index (κ2) is 5.15. The number of likely N-dealkylation sites (tertiary alicyclic amines) is 1. The molecule has 2 aromatic heterocycles. The Balaban J connectivity index is 1.94. The van der Waals surface area contributed by atoms with Crippen LogP contribution < -0.4 is 5.32 Å². The van der Waals surface area contributed by atoms with Gasteiger partial charge in [0.2, 0.25) is 5.91 Å². The second-order valence-corrected chi connectivity index (χ2v) is 5.37. The Morgan fingerprint density at radius 1 is 1.50 bits per heavy atom. The first-order valence-corrected chi connectivity index (χ1v) is 7.10. The third kappa shape index (κ3) is 2.24. The summed E-state index contributed by atoms with van der Waals surface area (Å²) in [6, 6.07) is 4.07. The molecule has 1 atom stereocenters. The van der Waals surface area contributed by atoms with E-state index >= 15 is 0 Å². The third-order valence-corrected chi connectivity index (χ3v) is 4.06. The lowest BCUT2D eigenvalue weighted by Crippen LogP contribution is -2.37. The zero-order valence-corrected chi connectivity index (χ0v) is 12.0. The zero-order valence-electron chi connectivity index (χ0n) is 12.0. The van der Waals surface area contributed by atoms with Crippen LogP contribution in [0.5, 0.6) is 0 Å². The SMILES string of the molecule is CNc1nc([C@@H]2CCCN(C(C)=O)C2)cn2cccc12. The van der Waals surface area contributed by atoms with Crippen molar-refractivity contribution in [2.75, 3.05) is 25.5 Å². The molecule has 0 saturated carbocycles. The van der Waals surface area contributed by atoms with Crippen LogP contribution in [-0.4, -0.2) is 40.3 Å². The number of fused-ring (bicyclic) bond motifs is 1. The summed E-state index contributed by atoms with van der Waals surface area (Å²) in [6.45, 7) is 3.29. The van der Waals surface area contributed by atoms with Crippen LogP contribution in [0.15, 0.2) is 24.5 Å². The van der Waals surface area contributed by atoms with Gasteiger partial charge in [0.05, 0.1) is 11.2 Å². The van der Waals surface area contributed by atoms with Crippen molar-refractivity contribution in [2.24, 2.45) is 0 Å². The predicted molar refractivity (Wildman–Crippen MR) is 79.0 cm³/mol. The van der Waals surface area contributed by atoms with Gasteiger partial charge in [-0.25, -0.2) is 4.98 Å². The summed E-state index contributed by atoms with van der Waals surface area (Å²) in [6.07, 6.45) is 6.26. The predicted octanol–water partition coefficient (Wildman–Crippen LogP) is 2.10. The molecule has 1 aliphatic rings. The molecule has 5 heteroatoms.